The van der Waals surface area contributed by atoms with Crippen LogP contribution in [-0.4, -0.2) is 33.7 Å². The van der Waals surface area contributed by atoms with Gasteiger partial charge in [-0.05, 0) is 30.7 Å². The maximum Gasteiger partial charge on any atom is 0.290 e. The summed E-state index contributed by atoms with van der Waals surface area (Å²) in [6.07, 6.45) is 3.27. The number of ether oxygens (including phenoxy) is 1. The number of carbonyl (C=O) groups excluding carboxylic acids is 1. The van der Waals surface area contributed by atoms with E-state index in [0.717, 1.165) is 4.96 Å². The van der Waals surface area contributed by atoms with Crippen molar-refractivity contribution in [1.82, 2.24) is 14.8 Å². The van der Waals surface area contributed by atoms with E-state index in [1.54, 1.807) is 29.7 Å². The Balaban J connectivity index is 1.76. The monoisotopic (exact) mass is 330 g/mol. The van der Waals surface area contributed by atoms with Gasteiger partial charge in [-0.15, -0.1) is 11.3 Å². The minimum Gasteiger partial charge on any atom is -0.504 e. The van der Waals surface area contributed by atoms with E-state index in [9.17, 15) is 9.90 Å². The van der Waals surface area contributed by atoms with E-state index in [1.165, 1.54) is 30.7 Å². The number of nitrogens with zero attached hydrogens (tertiary/aromatic N) is 3. The predicted octanol–water partition coefficient (Wildman–Crippen LogP) is 2.18. The standard InChI is InChI=1S/C15H14N4O3S/c1-9-13(19-5-6-23-15(19)17-9)14(21)18-16-8-10-3-4-11(20)12(7-10)22-2/h3-8,20H,1-2H3,(H,18,21)/b16-8-. The zero-order chi connectivity index (χ0) is 16.4. The first-order chi connectivity index (χ1) is 11.1. The Morgan fingerprint density at radius 1 is 1.52 bits per heavy atom. The number of aryl methyl sites for hydroxylation is 1. The quantitative estimate of drug-likeness (QED) is 0.567. The van der Waals surface area contributed by atoms with Crippen LogP contribution in [0.5, 0.6) is 11.5 Å². The van der Waals surface area contributed by atoms with Crippen molar-refractivity contribution in [1.29, 1.82) is 0 Å². The molecule has 0 saturated carbocycles. The maximum absolute atomic E-state index is 12.3. The normalized spacial score (nSPS) is 11.2. The number of thiazole rings is 1. The highest BCUT2D eigenvalue weighted by atomic mass is 32.1. The van der Waals surface area contributed by atoms with E-state index in [-0.39, 0.29) is 11.7 Å². The second-order valence-electron chi connectivity index (χ2n) is 4.73. The van der Waals surface area contributed by atoms with E-state index in [1.807, 2.05) is 5.38 Å². The Hall–Kier alpha value is -2.87. The molecule has 0 fully saturated rings. The topological polar surface area (TPSA) is 88.2 Å². The molecule has 3 aromatic rings. The zero-order valence-electron chi connectivity index (χ0n) is 12.5. The van der Waals surface area contributed by atoms with Gasteiger partial charge in [0, 0.05) is 11.6 Å². The number of hydrogen-bond donors (Lipinski definition) is 2. The summed E-state index contributed by atoms with van der Waals surface area (Å²) in [4.78, 5) is 17.3. The van der Waals surface area contributed by atoms with Crippen molar-refractivity contribution >= 4 is 28.4 Å². The van der Waals surface area contributed by atoms with Gasteiger partial charge < -0.3 is 9.84 Å². The van der Waals surface area contributed by atoms with Crippen molar-refractivity contribution in [2.24, 2.45) is 5.10 Å². The number of hydrogen-bond acceptors (Lipinski definition) is 6. The minimum absolute atomic E-state index is 0.0448. The Morgan fingerprint density at radius 3 is 3.13 bits per heavy atom. The fourth-order valence-corrected chi connectivity index (χ4v) is 2.92. The van der Waals surface area contributed by atoms with Gasteiger partial charge in [0.2, 0.25) is 0 Å². The van der Waals surface area contributed by atoms with Crippen molar-refractivity contribution in [3.63, 3.8) is 0 Å². The zero-order valence-corrected chi connectivity index (χ0v) is 13.3. The molecule has 8 heteroatoms. The van der Waals surface area contributed by atoms with Crippen LogP contribution in [0, 0.1) is 6.92 Å². The molecule has 23 heavy (non-hydrogen) atoms. The van der Waals surface area contributed by atoms with Crippen LogP contribution in [0.4, 0.5) is 0 Å². The van der Waals surface area contributed by atoms with E-state index >= 15 is 0 Å². The van der Waals surface area contributed by atoms with Gasteiger partial charge in [-0.2, -0.15) is 5.10 Å². The molecule has 0 spiro atoms. The molecular formula is C15H14N4O3S. The number of amides is 1. The first-order valence-corrected chi connectivity index (χ1v) is 7.60. The molecule has 2 N–H and O–H groups in total. The number of imidazole rings is 1. The summed E-state index contributed by atoms with van der Waals surface area (Å²) in [5.41, 5.74) is 4.27. The number of methoxy groups -OCH3 is 1. The van der Waals surface area contributed by atoms with E-state index in [0.29, 0.717) is 22.7 Å². The molecule has 1 amide bonds. The van der Waals surface area contributed by atoms with E-state index in [2.05, 4.69) is 15.5 Å². The third-order valence-electron chi connectivity index (χ3n) is 3.23. The van der Waals surface area contributed by atoms with Crippen molar-refractivity contribution in [3.8, 4) is 11.5 Å². The van der Waals surface area contributed by atoms with Crippen LogP contribution in [0.2, 0.25) is 0 Å². The highest BCUT2D eigenvalue weighted by molar-refractivity contribution is 7.15. The Labute approximate surface area is 135 Å². The van der Waals surface area contributed by atoms with E-state index < -0.39 is 0 Å². The van der Waals surface area contributed by atoms with Crippen LogP contribution in [0.3, 0.4) is 0 Å². The molecule has 1 aromatic carbocycles. The minimum atomic E-state index is -0.338. The lowest BCUT2D eigenvalue weighted by Gasteiger charge is -2.03. The van der Waals surface area contributed by atoms with Crippen molar-refractivity contribution < 1.29 is 14.6 Å². The molecular weight excluding hydrogens is 316 g/mol. The van der Waals surface area contributed by atoms with E-state index in [4.69, 9.17) is 4.74 Å². The van der Waals surface area contributed by atoms with Crippen LogP contribution in [-0.2, 0) is 0 Å². The number of benzene rings is 1. The Bertz CT molecular complexity index is 897. The number of phenolic OH excluding ortho intramolecular Hbond substituents is 1. The number of rotatable bonds is 4. The second-order valence-corrected chi connectivity index (χ2v) is 5.60. The SMILES string of the molecule is COc1cc(/C=N\NC(=O)c2c(C)nc3sccn23)ccc1O. The summed E-state index contributed by atoms with van der Waals surface area (Å²) < 4.78 is 6.75. The van der Waals surface area contributed by atoms with Crippen LogP contribution in [0.15, 0.2) is 34.9 Å². The van der Waals surface area contributed by atoms with Crippen molar-refractivity contribution in [3.05, 3.63) is 46.7 Å². The third kappa shape index (κ3) is 2.88. The van der Waals surface area contributed by atoms with Gasteiger partial charge in [-0.25, -0.2) is 10.4 Å². The molecule has 118 valence electrons. The highest BCUT2D eigenvalue weighted by Gasteiger charge is 2.16. The van der Waals surface area contributed by atoms with Gasteiger partial charge in [-0.1, -0.05) is 0 Å². The van der Waals surface area contributed by atoms with Crippen LogP contribution in [0.1, 0.15) is 21.7 Å². The molecule has 0 aliphatic heterocycles. The van der Waals surface area contributed by atoms with Gasteiger partial charge in [0.05, 0.1) is 19.0 Å². The first-order valence-electron chi connectivity index (χ1n) is 6.72. The van der Waals surface area contributed by atoms with Gasteiger partial charge >= 0.3 is 0 Å². The third-order valence-corrected chi connectivity index (χ3v) is 3.99. The summed E-state index contributed by atoms with van der Waals surface area (Å²) in [5, 5.41) is 15.3. The average molecular weight is 330 g/mol. The Morgan fingerprint density at radius 2 is 2.35 bits per heavy atom. The molecule has 0 aliphatic rings. The lowest BCUT2D eigenvalue weighted by atomic mass is 10.2. The van der Waals surface area contributed by atoms with Crippen molar-refractivity contribution in [2.45, 2.75) is 6.92 Å². The summed E-state index contributed by atoms with van der Waals surface area (Å²) in [5.74, 6) is 0.0470. The summed E-state index contributed by atoms with van der Waals surface area (Å²) in [6.45, 7) is 1.78. The summed E-state index contributed by atoms with van der Waals surface area (Å²) in [7, 11) is 1.46. The number of aromatic nitrogens is 2. The molecule has 0 bridgehead atoms. The second kappa shape index (κ2) is 6.09. The van der Waals surface area contributed by atoms with Crippen molar-refractivity contribution in [2.75, 3.05) is 7.11 Å². The smallest absolute Gasteiger partial charge is 0.290 e. The molecule has 0 atom stereocenters. The van der Waals surface area contributed by atoms with Gasteiger partial charge in [-0.3, -0.25) is 9.20 Å². The molecule has 7 nitrogen and oxygen atoms in total. The summed E-state index contributed by atoms with van der Waals surface area (Å²) >= 11 is 1.46. The molecule has 0 radical (unpaired) electrons. The van der Waals surface area contributed by atoms with Gasteiger partial charge in [0.25, 0.3) is 5.91 Å². The largest absolute Gasteiger partial charge is 0.504 e. The molecule has 0 saturated heterocycles. The van der Waals surface area contributed by atoms with Crippen LogP contribution in [0.25, 0.3) is 4.96 Å². The number of phenols is 1. The van der Waals surface area contributed by atoms with Crippen LogP contribution >= 0.6 is 11.3 Å². The number of aromatic hydroxyl groups is 1. The predicted molar refractivity (Wildman–Crippen MR) is 87.5 cm³/mol. The highest BCUT2D eigenvalue weighted by Crippen LogP contribution is 2.25. The first kappa shape index (κ1) is 15.0. The fraction of sp³-hybridized carbons (Fsp3) is 0.133. The molecule has 0 unspecified atom stereocenters. The lowest BCUT2D eigenvalue weighted by Crippen LogP contribution is -2.20. The molecule has 2 heterocycles. The number of carbonyl (C=O) groups is 1. The number of fused-ring (bicyclic) bond motifs is 1. The molecule has 3 rings (SSSR count). The lowest BCUT2D eigenvalue weighted by molar-refractivity contribution is 0.0948. The van der Waals surface area contributed by atoms with Crippen LogP contribution < -0.4 is 10.2 Å². The fourth-order valence-electron chi connectivity index (χ4n) is 2.16. The Kier molecular flexibility index (Phi) is 3.98. The number of hydrazone groups is 1. The van der Waals surface area contributed by atoms with Gasteiger partial charge in [0.1, 0.15) is 5.69 Å². The average Bonchev–Trinajstić information content (AvgIpc) is 3.08. The molecule has 2 aromatic heterocycles. The number of nitrogens with one attached hydrogen (secondary N) is 1. The molecule has 0 aliphatic carbocycles. The summed E-state index contributed by atoms with van der Waals surface area (Å²) in [6, 6.07) is 4.78. The van der Waals surface area contributed by atoms with Gasteiger partial charge in [0.15, 0.2) is 16.5 Å². The maximum atomic E-state index is 12.3.